The van der Waals surface area contributed by atoms with Crippen LogP contribution < -0.4 is 4.74 Å². The molecule has 2 fully saturated rings. The number of hydrogen-bond acceptors (Lipinski definition) is 6. The predicted octanol–water partition coefficient (Wildman–Crippen LogP) is 2.61. The van der Waals surface area contributed by atoms with Gasteiger partial charge >= 0.3 is 11.9 Å². The van der Waals surface area contributed by atoms with Crippen LogP contribution in [0.5, 0.6) is 5.75 Å². The maximum Gasteiger partial charge on any atom is 0.341 e. The van der Waals surface area contributed by atoms with Gasteiger partial charge in [0.2, 0.25) is 0 Å². The molecule has 0 spiro atoms. The standard InChI is InChI=1S/C24H32O7/c1-2-17(25)6-7-18-19-8-14-4-3-5-21(30-13-23(26)27)20(14)9-15(19)10-22(18)31-24(28)16-11-29-12-16/h3-5,15-19,22,25H,2,6-13H2,1H3,(H,26,27)/t15-,17-,18+,19-,22+/m0/s1. The number of carbonyl (C=O) groups is 2. The molecular formula is C24H32O7. The van der Waals surface area contributed by atoms with E-state index in [-0.39, 0.29) is 36.6 Å². The summed E-state index contributed by atoms with van der Waals surface area (Å²) < 4.78 is 16.7. The highest BCUT2D eigenvalue weighted by Gasteiger charge is 2.48. The van der Waals surface area contributed by atoms with Gasteiger partial charge in [-0.15, -0.1) is 0 Å². The topological polar surface area (TPSA) is 102 Å². The van der Waals surface area contributed by atoms with Gasteiger partial charge in [0.1, 0.15) is 17.8 Å². The lowest BCUT2D eigenvalue weighted by molar-refractivity contribution is -0.171. The van der Waals surface area contributed by atoms with E-state index in [1.165, 1.54) is 5.56 Å². The van der Waals surface area contributed by atoms with Crippen LogP contribution in [-0.2, 0) is 31.9 Å². The molecule has 0 aromatic heterocycles. The zero-order valence-electron chi connectivity index (χ0n) is 18.0. The lowest BCUT2D eigenvalue weighted by Crippen LogP contribution is -2.39. The highest BCUT2D eigenvalue weighted by atomic mass is 16.6. The summed E-state index contributed by atoms with van der Waals surface area (Å²) >= 11 is 0. The summed E-state index contributed by atoms with van der Waals surface area (Å²) in [6.07, 6.45) is 4.23. The van der Waals surface area contributed by atoms with Gasteiger partial charge in [-0.3, -0.25) is 4.79 Å². The Morgan fingerprint density at radius 1 is 1.26 bits per heavy atom. The van der Waals surface area contributed by atoms with E-state index in [4.69, 9.17) is 19.3 Å². The second-order valence-electron chi connectivity index (χ2n) is 9.16. The lowest BCUT2D eigenvalue weighted by Gasteiger charge is -2.33. The van der Waals surface area contributed by atoms with Crippen molar-refractivity contribution in [1.82, 2.24) is 0 Å². The van der Waals surface area contributed by atoms with Crippen molar-refractivity contribution in [3.8, 4) is 5.75 Å². The molecule has 2 N–H and O–H groups in total. The molecule has 1 aromatic carbocycles. The number of carboxylic acid groups (broad SMARTS) is 1. The van der Waals surface area contributed by atoms with E-state index >= 15 is 0 Å². The number of aliphatic hydroxyl groups is 1. The van der Waals surface area contributed by atoms with E-state index < -0.39 is 5.97 Å². The quantitative estimate of drug-likeness (QED) is 0.578. The van der Waals surface area contributed by atoms with E-state index in [1.807, 2.05) is 19.1 Å². The van der Waals surface area contributed by atoms with E-state index in [2.05, 4.69) is 6.07 Å². The van der Waals surface area contributed by atoms with Crippen molar-refractivity contribution in [1.29, 1.82) is 0 Å². The second-order valence-corrected chi connectivity index (χ2v) is 9.16. The first-order chi connectivity index (χ1) is 15.0. The van der Waals surface area contributed by atoms with E-state index in [0.717, 1.165) is 37.7 Å². The minimum absolute atomic E-state index is 0.148. The molecular weight excluding hydrogens is 400 g/mol. The fraction of sp³-hybridized carbons (Fsp3) is 0.667. The Hall–Kier alpha value is -2.12. The molecule has 1 aliphatic heterocycles. The molecule has 0 radical (unpaired) electrons. The minimum Gasteiger partial charge on any atom is -0.482 e. The number of benzene rings is 1. The van der Waals surface area contributed by atoms with Gasteiger partial charge < -0.3 is 24.4 Å². The van der Waals surface area contributed by atoms with Crippen molar-refractivity contribution < 1.29 is 34.0 Å². The molecule has 7 nitrogen and oxygen atoms in total. The maximum atomic E-state index is 12.5. The Morgan fingerprint density at radius 3 is 2.74 bits per heavy atom. The number of aliphatic carboxylic acids is 1. The van der Waals surface area contributed by atoms with Crippen molar-refractivity contribution in [2.45, 2.75) is 57.7 Å². The zero-order chi connectivity index (χ0) is 22.0. The largest absolute Gasteiger partial charge is 0.482 e. The first-order valence-electron chi connectivity index (χ1n) is 11.4. The lowest BCUT2D eigenvalue weighted by atomic mass is 9.73. The molecule has 1 aromatic rings. The van der Waals surface area contributed by atoms with E-state index in [1.54, 1.807) is 0 Å². The number of esters is 1. The van der Waals surface area contributed by atoms with Crippen LogP contribution in [0.25, 0.3) is 0 Å². The number of hydrogen-bond donors (Lipinski definition) is 2. The molecule has 170 valence electrons. The van der Waals surface area contributed by atoms with Crippen LogP contribution in [0, 0.1) is 23.7 Å². The molecule has 0 unspecified atom stereocenters. The number of aliphatic hydroxyl groups excluding tert-OH is 1. The Bertz CT molecular complexity index is 803. The molecule has 31 heavy (non-hydrogen) atoms. The van der Waals surface area contributed by atoms with Gasteiger partial charge in [-0.05, 0) is 73.5 Å². The van der Waals surface area contributed by atoms with Gasteiger partial charge in [-0.25, -0.2) is 4.79 Å². The summed E-state index contributed by atoms with van der Waals surface area (Å²) in [6, 6.07) is 5.83. The Morgan fingerprint density at radius 2 is 2.06 bits per heavy atom. The predicted molar refractivity (Wildman–Crippen MR) is 112 cm³/mol. The molecule has 5 atom stereocenters. The summed E-state index contributed by atoms with van der Waals surface area (Å²) in [4.78, 5) is 23.5. The Kier molecular flexibility index (Phi) is 6.82. The van der Waals surface area contributed by atoms with Gasteiger partial charge in [-0.1, -0.05) is 19.1 Å². The van der Waals surface area contributed by atoms with Crippen LogP contribution in [0.4, 0.5) is 0 Å². The van der Waals surface area contributed by atoms with Crippen LogP contribution in [-0.4, -0.2) is 54.2 Å². The number of rotatable bonds is 9. The van der Waals surface area contributed by atoms with Crippen molar-refractivity contribution in [3.63, 3.8) is 0 Å². The average molecular weight is 433 g/mol. The molecule has 1 saturated carbocycles. The van der Waals surface area contributed by atoms with Crippen LogP contribution in [0.2, 0.25) is 0 Å². The molecule has 7 heteroatoms. The smallest absolute Gasteiger partial charge is 0.341 e. The molecule has 1 heterocycles. The molecule has 2 aliphatic carbocycles. The van der Waals surface area contributed by atoms with Crippen molar-refractivity contribution in [2.24, 2.45) is 23.7 Å². The summed E-state index contributed by atoms with van der Waals surface area (Å²) in [5.41, 5.74) is 2.27. The normalized spacial score (nSPS) is 28.2. The van der Waals surface area contributed by atoms with Crippen LogP contribution >= 0.6 is 0 Å². The van der Waals surface area contributed by atoms with Crippen molar-refractivity contribution in [3.05, 3.63) is 29.3 Å². The van der Waals surface area contributed by atoms with Crippen LogP contribution in [0.15, 0.2) is 18.2 Å². The van der Waals surface area contributed by atoms with Crippen LogP contribution in [0.1, 0.15) is 43.7 Å². The number of fused-ring (bicyclic) bond motifs is 2. The Labute approximate surface area is 182 Å². The third kappa shape index (κ3) is 4.88. The van der Waals surface area contributed by atoms with Gasteiger partial charge in [0.05, 0.1) is 19.3 Å². The molecule has 1 saturated heterocycles. The zero-order valence-corrected chi connectivity index (χ0v) is 18.0. The molecule has 3 aliphatic rings. The first kappa shape index (κ1) is 22.1. The number of ether oxygens (including phenoxy) is 3. The minimum atomic E-state index is -0.992. The summed E-state index contributed by atoms with van der Waals surface area (Å²) in [5, 5.41) is 19.1. The highest BCUT2D eigenvalue weighted by molar-refractivity contribution is 5.73. The monoisotopic (exact) mass is 432 g/mol. The molecule has 0 bridgehead atoms. The van der Waals surface area contributed by atoms with E-state index in [9.17, 15) is 14.7 Å². The molecule has 4 rings (SSSR count). The van der Waals surface area contributed by atoms with E-state index in [0.29, 0.717) is 37.2 Å². The fourth-order valence-electron chi connectivity index (χ4n) is 5.39. The SMILES string of the molecule is CC[C@H](O)CC[C@@H]1[C@H]2Cc3cccc(OCC(=O)O)c3C[C@H]2C[C@H]1OC(=O)C1COC1. The number of carbonyl (C=O) groups excluding carboxylic acids is 1. The fourth-order valence-corrected chi connectivity index (χ4v) is 5.39. The van der Waals surface area contributed by atoms with Crippen molar-refractivity contribution in [2.75, 3.05) is 19.8 Å². The maximum absolute atomic E-state index is 12.5. The summed E-state index contributed by atoms with van der Waals surface area (Å²) in [5.74, 6) is 0.268. The van der Waals surface area contributed by atoms with Crippen molar-refractivity contribution >= 4 is 11.9 Å². The first-order valence-corrected chi connectivity index (χ1v) is 11.4. The molecule has 0 amide bonds. The van der Waals surface area contributed by atoms with Gasteiger partial charge in [0, 0.05) is 0 Å². The average Bonchev–Trinajstić information content (AvgIpc) is 3.03. The second kappa shape index (κ2) is 9.57. The Balaban J connectivity index is 1.51. The third-order valence-corrected chi connectivity index (χ3v) is 7.21. The number of carboxylic acids is 1. The summed E-state index contributed by atoms with van der Waals surface area (Å²) in [7, 11) is 0. The van der Waals surface area contributed by atoms with Gasteiger partial charge in [0.25, 0.3) is 0 Å². The third-order valence-electron chi connectivity index (χ3n) is 7.21. The van der Waals surface area contributed by atoms with Gasteiger partial charge in [-0.2, -0.15) is 0 Å². The summed E-state index contributed by atoms with van der Waals surface area (Å²) in [6.45, 7) is 2.50. The van der Waals surface area contributed by atoms with Crippen LogP contribution in [0.3, 0.4) is 0 Å². The highest BCUT2D eigenvalue weighted by Crippen LogP contribution is 2.49. The van der Waals surface area contributed by atoms with Gasteiger partial charge in [0.15, 0.2) is 6.61 Å².